The molecule has 100 valence electrons. The summed E-state index contributed by atoms with van der Waals surface area (Å²) in [6, 6.07) is 9.47. The van der Waals surface area contributed by atoms with Crippen molar-refractivity contribution < 1.29 is 4.79 Å². The summed E-state index contributed by atoms with van der Waals surface area (Å²) in [6.07, 6.45) is 1.72. The number of carbonyl (C=O) groups is 1. The molecule has 0 spiro atoms. The minimum Gasteiger partial charge on any atom is -0.341 e. The largest absolute Gasteiger partial charge is 0.341 e. The lowest BCUT2D eigenvalue weighted by molar-refractivity contribution is -0.131. The second-order valence-electron chi connectivity index (χ2n) is 5.12. The van der Waals surface area contributed by atoms with Gasteiger partial charge < -0.3 is 10.2 Å². The molecule has 4 nitrogen and oxygen atoms in total. The normalized spacial score (nSPS) is 18.0. The zero-order valence-electron chi connectivity index (χ0n) is 11.2. The molecule has 0 radical (unpaired) electrons. The Morgan fingerprint density at radius 3 is 2.79 bits per heavy atom. The molecule has 0 saturated carbocycles. The van der Waals surface area contributed by atoms with Gasteiger partial charge in [0.15, 0.2) is 0 Å². The molecule has 19 heavy (non-hydrogen) atoms. The first kappa shape index (κ1) is 13.6. The van der Waals surface area contributed by atoms with E-state index in [0.29, 0.717) is 24.4 Å². The lowest BCUT2D eigenvalue weighted by atomic mass is 10.0. The Morgan fingerprint density at radius 1 is 1.47 bits per heavy atom. The van der Waals surface area contributed by atoms with Crippen LogP contribution in [0.1, 0.15) is 24.0 Å². The van der Waals surface area contributed by atoms with E-state index >= 15 is 0 Å². The van der Waals surface area contributed by atoms with Gasteiger partial charge in [-0.15, -0.1) is 0 Å². The van der Waals surface area contributed by atoms with Crippen LogP contribution in [0.4, 0.5) is 0 Å². The maximum absolute atomic E-state index is 12.1. The summed E-state index contributed by atoms with van der Waals surface area (Å²) in [6.45, 7) is 2.58. The zero-order chi connectivity index (χ0) is 13.7. The van der Waals surface area contributed by atoms with Gasteiger partial charge in [-0.3, -0.25) is 4.79 Å². The fourth-order valence-corrected chi connectivity index (χ4v) is 2.34. The van der Waals surface area contributed by atoms with E-state index in [4.69, 9.17) is 5.26 Å². The minimum absolute atomic E-state index is 0.193. The Labute approximate surface area is 114 Å². The number of nitrogens with zero attached hydrogens (tertiary/aromatic N) is 2. The Morgan fingerprint density at radius 2 is 2.21 bits per heavy atom. The van der Waals surface area contributed by atoms with Gasteiger partial charge in [0.1, 0.15) is 0 Å². The number of carbonyl (C=O) groups excluding carboxylic acids is 1. The molecule has 1 fully saturated rings. The van der Waals surface area contributed by atoms with Gasteiger partial charge in [0, 0.05) is 20.0 Å². The van der Waals surface area contributed by atoms with Gasteiger partial charge in [-0.1, -0.05) is 12.1 Å². The number of nitriles is 1. The number of rotatable bonds is 4. The number of hydrogen-bond donors (Lipinski definition) is 1. The van der Waals surface area contributed by atoms with Crippen LogP contribution in [-0.4, -0.2) is 30.9 Å². The lowest BCUT2D eigenvalue weighted by Gasteiger charge is -2.19. The molecule has 0 aromatic heterocycles. The molecular formula is C15H19N3O. The number of nitrogens with one attached hydrogen (secondary N) is 1. The standard InChI is InChI=1S/C15H19N3O/c1-18(15(19)8-14-6-7-17-10-14)11-13-4-2-12(9-16)3-5-13/h2-5,14,17H,6-8,10-11H2,1H3. The fourth-order valence-electron chi connectivity index (χ4n) is 2.34. The highest BCUT2D eigenvalue weighted by atomic mass is 16.2. The van der Waals surface area contributed by atoms with Gasteiger partial charge in [-0.25, -0.2) is 0 Å². The highest BCUT2D eigenvalue weighted by Crippen LogP contribution is 2.14. The van der Waals surface area contributed by atoms with E-state index in [0.717, 1.165) is 25.1 Å². The first-order valence-corrected chi connectivity index (χ1v) is 6.63. The van der Waals surface area contributed by atoms with Crippen LogP contribution in [-0.2, 0) is 11.3 Å². The average Bonchev–Trinajstić information content (AvgIpc) is 2.92. The summed E-state index contributed by atoms with van der Waals surface area (Å²) >= 11 is 0. The molecule has 1 unspecified atom stereocenters. The van der Waals surface area contributed by atoms with E-state index in [1.807, 2.05) is 19.2 Å². The smallest absolute Gasteiger partial charge is 0.222 e. The molecule has 1 heterocycles. The number of hydrogen-bond acceptors (Lipinski definition) is 3. The van der Waals surface area contributed by atoms with Crippen molar-refractivity contribution in [2.24, 2.45) is 5.92 Å². The molecule has 1 amide bonds. The molecule has 1 aromatic rings. The summed E-state index contributed by atoms with van der Waals surface area (Å²) in [5, 5.41) is 12.0. The molecule has 1 aliphatic heterocycles. The Hall–Kier alpha value is -1.86. The molecule has 1 aliphatic rings. The molecule has 1 aromatic carbocycles. The van der Waals surface area contributed by atoms with Gasteiger partial charge in [0.05, 0.1) is 11.6 Å². The molecule has 0 aliphatic carbocycles. The highest BCUT2D eigenvalue weighted by molar-refractivity contribution is 5.76. The highest BCUT2D eigenvalue weighted by Gasteiger charge is 2.20. The molecule has 1 N–H and O–H groups in total. The SMILES string of the molecule is CN(Cc1ccc(C#N)cc1)C(=O)CC1CCNC1. The molecule has 4 heteroatoms. The van der Waals surface area contributed by atoms with E-state index in [-0.39, 0.29) is 5.91 Å². The predicted octanol–water partition coefficient (Wildman–Crippen LogP) is 1.52. The van der Waals surface area contributed by atoms with Crippen molar-refractivity contribution in [1.82, 2.24) is 10.2 Å². The summed E-state index contributed by atoms with van der Waals surface area (Å²) in [5.74, 6) is 0.675. The third-order valence-electron chi connectivity index (χ3n) is 3.55. The summed E-state index contributed by atoms with van der Waals surface area (Å²) in [7, 11) is 1.84. The van der Waals surface area contributed by atoms with Crippen molar-refractivity contribution in [3.63, 3.8) is 0 Å². The maximum Gasteiger partial charge on any atom is 0.222 e. The van der Waals surface area contributed by atoms with Gasteiger partial charge >= 0.3 is 0 Å². The second kappa shape index (κ2) is 6.35. The van der Waals surface area contributed by atoms with Crippen LogP contribution < -0.4 is 5.32 Å². The van der Waals surface area contributed by atoms with Crippen LogP contribution in [0.2, 0.25) is 0 Å². The van der Waals surface area contributed by atoms with Crippen LogP contribution in [0.25, 0.3) is 0 Å². The van der Waals surface area contributed by atoms with Crippen molar-refractivity contribution in [1.29, 1.82) is 5.26 Å². The van der Waals surface area contributed by atoms with Gasteiger partial charge in [0.2, 0.25) is 5.91 Å². The van der Waals surface area contributed by atoms with Crippen LogP contribution in [0.15, 0.2) is 24.3 Å². The average molecular weight is 257 g/mol. The van der Waals surface area contributed by atoms with E-state index in [2.05, 4.69) is 11.4 Å². The van der Waals surface area contributed by atoms with Crippen molar-refractivity contribution >= 4 is 5.91 Å². The topological polar surface area (TPSA) is 56.1 Å². The third kappa shape index (κ3) is 3.80. The minimum atomic E-state index is 0.193. The number of amides is 1. The van der Waals surface area contributed by atoms with Gasteiger partial charge in [-0.05, 0) is 43.1 Å². The first-order chi connectivity index (χ1) is 9.19. The van der Waals surface area contributed by atoms with Crippen molar-refractivity contribution in [2.45, 2.75) is 19.4 Å². The van der Waals surface area contributed by atoms with Gasteiger partial charge in [0.25, 0.3) is 0 Å². The van der Waals surface area contributed by atoms with Crippen molar-refractivity contribution in [3.05, 3.63) is 35.4 Å². The first-order valence-electron chi connectivity index (χ1n) is 6.63. The Kier molecular flexibility index (Phi) is 4.53. The monoisotopic (exact) mass is 257 g/mol. The Balaban J connectivity index is 1.86. The van der Waals surface area contributed by atoms with Crippen molar-refractivity contribution in [2.75, 3.05) is 20.1 Å². The van der Waals surface area contributed by atoms with E-state index in [1.54, 1.807) is 17.0 Å². The van der Waals surface area contributed by atoms with Crippen molar-refractivity contribution in [3.8, 4) is 6.07 Å². The number of benzene rings is 1. The Bertz CT molecular complexity index is 469. The maximum atomic E-state index is 12.1. The molecule has 2 rings (SSSR count). The van der Waals surface area contributed by atoms with Gasteiger partial charge in [-0.2, -0.15) is 5.26 Å². The summed E-state index contributed by atoms with van der Waals surface area (Å²) in [4.78, 5) is 13.8. The lowest BCUT2D eigenvalue weighted by Crippen LogP contribution is -2.28. The predicted molar refractivity (Wildman–Crippen MR) is 73.2 cm³/mol. The van der Waals surface area contributed by atoms with Crippen LogP contribution >= 0.6 is 0 Å². The van der Waals surface area contributed by atoms with E-state index in [1.165, 1.54) is 0 Å². The fraction of sp³-hybridized carbons (Fsp3) is 0.467. The molecule has 1 atom stereocenters. The molecule has 0 bridgehead atoms. The third-order valence-corrected chi connectivity index (χ3v) is 3.55. The second-order valence-corrected chi connectivity index (χ2v) is 5.12. The summed E-state index contributed by atoms with van der Waals surface area (Å²) < 4.78 is 0. The quantitative estimate of drug-likeness (QED) is 0.889. The van der Waals surface area contributed by atoms with E-state index in [9.17, 15) is 4.79 Å². The zero-order valence-corrected chi connectivity index (χ0v) is 11.2. The molecule has 1 saturated heterocycles. The van der Waals surface area contributed by atoms with E-state index < -0.39 is 0 Å². The van der Waals surface area contributed by atoms with Crippen LogP contribution in [0, 0.1) is 17.2 Å². The van der Waals surface area contributed by atoms with Crippen LogP contribution in [0.5, 0.6) is 0 Å². The molecular weight excluding hydrogens is 238 g/mol. The van der Waals surface area contributed by atoms with Crippen LogP contribution in [0.3, 0.4) is 0 Å². The summed E-state index contributed by atoms with van der Waals surface area (Å²) in [5.41, 5.74) is 1.70.